The zero-order valence-corrected chi connectivity index (χ0v) is 16.9. The number of amides is 1. The first-order valence-corrected chi connectivity index (χ1v) is 11.1. The quantitative estimate of drug-likeness (QED) is 0.793. The molecule has 3 rings (SSSR count). The molecule has 0 aromatic heterocycles. The fourth-order valence-corrected chi connectivity index (χ4v) is 5.24. The molecule has 1 saturated carbocycles. The molecule has 2 aliphatic rings. The van der Waals surface area contributed by atoms with Crippen molar-refractivity contribution in [1.29, 1.82) is 0 Å². The fraction of sp³-hybridized carbons (Fsp3) is 0.632. The maximum Gasteiger partial charge on any atom is 0.255 e. The van der Waals surface area contributed by atoms with Gasteiger partial charge in [0.25, 0.3) is 5.91 Å². The molecule has 1 aliphatic heterocycles. The number of sulfonamides is 1. The maximum atomic E-state index is 13.0. The van der Waals surface area contributed by atoms with Crippen molar-refractivity contribution in [2.75, 3.05) is 39.8 Å². The van der Waals surface area contributed by atoms with Crippen LogP contribution >= 0.6 is 0 Å². The third-order valence-electron chi connectivity index (χ3n) is 5.52. The number of hydrogen-bond donors (Lipinski definition) is 1. The number of ether oxygens (including phenoxy) is 1. The minimum Gasteiger partial charge on any atom is -0.496 e. The highest BCUT2D eigenvalue weighted by Crippen LogP contribution is 2.26. The average Bonchev–Trinajstić information content (AvgIpc) is 3.20. The Morgan fingerprint density at radius 3 is 2.44 bits per heavy atom. The average molecular weight is 396 g/mol. The smallest absolute Gasteiger partial charge is 0.255 e. The number of carbonyl (C=O) groups is 1. The summed E-state index contributed by atoms with van der Waals surface area (Å²) in [7, 11) is -2.14. The molecule has 0 bridgehead atoms. The van der Waals surface area contributed by atoms with E-state index in [0.29, 0.717) is 18.8 Å². The molecule has 150 valence electrons. The van der Waals surface area contributed by atoms with Crippen molar-refractivity contribution in [3.8, 4) is 5.75 Å². The summed E-state index contributed by atoms with van der Waals surface area (Å²) in [5, 5.41) is 3.01. The van der Waals surface area contributed by atoms with Crippen molar-refractivity contribution in [2.45, 2.75) is 43.5 Å². The van der Waals surface area contributed by atoms with Crippen LogP contribution in [0.25, 0.3) is 0 Å². The lowest BCUT2D eigenvalue weighted by molar-refractivity contribution is 0.0934. The summed E-state index contributed by atoms with van der Waals surface area (Å²) in [4.78, 5) is 15.1. The van der Waals surface area contributed by atoms with E-state index < -0.39 is 10.0 Å². The number of benzene rings is 1. The summed E-state index contributed by atoms with van der Waals surface area (Å²) in [6.45, 7) is 5.37. The zero-order chi connectivity index (χ0) is 19.4. The van der Waals surface area contributed by atoms with Crippen molar-refractivity contribution < 1.29 is 17.9 Å². The second-order valence-electron chi connectivity index (χ2n) is 7.16. The van der Waals surface area contributed by atoms with E-state index in [1.165, 1.54) is 23.5 Å². The Bertz CT molecular complexity index is 767. The van der Waals surface area contributed by atoms with E-state index in [-0.39, 0.29) is 22.4 Å². The lowest BCUT2D eigenvalue weighted by Crippen LogP contribution is -2.48. The Kier molecular flexibility index (Phi) is 6.39. The first kappa shape index (κ1) is 20.1. The van der Waals surface area contributed by atoms with E-state index in [1.54, 1.807) is 6.07 Å². The molecule has 1 heterocycles. The van der Waals surface area contributed by atoms with Gasteiger partial charge in [-0.25, -0.2) is 8.42 Å². The van der Waals surface area contributed by atoms with Crippen LogP contribution in [0.5, 0.6) is 5.75 Å². The van der Waals surface area contributed by atoms with E-state index in [4.69, 9.17) is 4.74 Å². The van der Waals surface area contributed by atoms with Crippen molar-refractivity contribution in [3.05, 3.63) is 23.8 Å². The van der Waals surface area contributed by atoms with Gasteiger partial charge >= 0.3 is 0 Å². The molecule has 0 atom stereocenters. The van der Waals surface area contributed by atoms with E-state index in [0.717, 1.165) is 45.3 Å². The summed E-state index contributed by atoms with van der Waals surface area (Å²) in [6.07, 6.45) is 4.15. The standard InChI is InChI=1S/C19H29N3O4S/c1-3-21-10-12-22(13-11-21)27(24,25)16-8-9-18(26-2)17(14-16)19(23)20-15-6-4-5-7-15/h8-9,14-15H,3-7,10-13H2,1-2H3,(H,20,23). The van der Waals surface area contributed by atoms with E-state index in [9.17, 15) is 13.2 Å². The van der Waals surface area contributed by atoms with Gasteiger partial charge in [0, 0.05) is 32.2 Å². The summed E-state index contributed by atoms with van der Waals surface area (Å²) < 4.78 is 32.9. The highest BCUT2D eigenvalue weighted by molar-refractivity contribution is 7.89. The van der Waals surface area contributed by atoms with Crippen LogP contribution in [-0.2, 0) is 10.0 Å². The Balaban J connectivity index is 1.82. The van der Waals surface area contributed by atoms with Crippen molar-refractivity contribution in [1.82, 2.24) is 14.5 Å². The van der Waals surface area contributed by atoms with Gasteiger partial charge < -0.3 is 15.0 Å². The first-order chi connectivity index (χ1) is 13.0. The van der Waals surface area contributed by atoms with Crippen molar-refractivity contribution >= 4 is 15.9 Å². The van der Waals surface area contributed by atoms with Crippen LogP contribution in [0, 0.1) is 0 Å². The van der Waals surface area contributed by atoms with Gasteiger partial charge in [-0.05, 0) is 37.6 Å². The van der Waals surface area contributed by atoms with Crippen LogP contribution in [-0.4, -0.2) is 69.4 Å². The third-order valence-corrected chi connectivity index (χ3v) is 7.42. The molecule has 1 aliphatic carbocycles. The molecule has 1 aromatic rings. The van der Waals surface area contributed by atoms with Gasteiger partial charge in [-0.15, -0.1) is 0 Å². The number of likely N-dealkylation sites (N-methyl/N-ethyl adjacent to an activating group) is 1. The second kappa shape index (κ2) is 8.58. The van der Waals surface area contributed by atoms with Gasteiger partial charge in [-0.3, -0.25) is 4.79 Å². The van der Waals surface area contributed by atoms with Gasteiger partial charge in [0.15, 0.2) is 0 Å². The molecule has 1 amide bonds. The molecule has 1 aromatic carbocycles. The number of methoxy groups -OCH3 is 1. The fourth-order valence-electron chi connectivity index (χ4n) is 3.79. The molecular formula is C19H29N3O4S. The largest absolute Gasteiger partial charge is 0.496 e. The van der Waals surface area contributed by atoms with Crippen LogP contribution < -0.4 is 10.1 Å². The number of rotatable bonds is 6. The molecule has 0 spiro atoms. The van der Waals surface area contributed by atoms with E-state index >= 15 is 0 Å². The van der Waals surface area contributed by atoms with Gasteiger partial charge in [-0.1, -0.05) is 19.8 Å². The van der Waals surface area contributed by atoms with Gasteiger partial charge in [0.2, 0.25) is 10.0 Å². The van der Waals surface area contributed by atoms with Crippen LogP contribution in [0.15, 0.2) is 23.1 Å². The predicted octanol–water partition coefficient (Wildman–Crippen LogP) is 1.69. The molecule has 7 nitrogen and oxygen atoms in total. The normalized spacial score (nSPS) is 19.9. The molecule has 0 radical (unpaired) electrons. The summed E-state index contributed by atoms with van der Waals surface area (Å²) >= 11 is 0. The van der Waals surface area contributed by atoms with Crippen LogP contribution in [0.4, 0.5) is 0 Å². The summed E-state index contributed by atoms with van der Waals surface area (Å²) in [6, 6.07) is 4.69. The van der Waals surface area contributed by atoms with Crippen molar-refractivity contribution in [2.24, 2.45) is 0 Å². The molecule has 1 saturated heterocycles. The van der Waals surface area contributed by atoms with Gasteiger partial charge in [0.1, 0.15) is 5.75 Å². The maximum absolute atomic E-state index is 13.0. The monoisotopic (exact) mass is 395 g/mol. The predicted molar refractivity (Wildman–Crippen MR) is 104 cm³/mol. The minimum absolute atomic E-state index is 0.143. The lowest BCUT2D eigenvalue weighted by Gasteiger charge is -2.33. The molecule has 0 unspecified atom stereocenters. The van der Waals surface area contributed by atoms with Gasteiger partial charge in [-0.2, -0.15) is 4.31 Å². The van der Waals surface area contributed by atoms with Crippen LogP contribution in [0.2, 0.25) is 0 Å². The van der Waals surface area contributed by atoms with E-state index in [2.05, 4.69) is 17.1 Å². The number of nitrogens with zero attached hydrogens (tertiary/aromatic N) is 2. The Labute approximate surface area is 161 Å². The summed E-state index contributed by atoms with van der Waals surface area (Å²) in [5.74, 6) is 0.117. The highest BCUT2D eigenvalue weighted by Gasteiger charge is 2.29. The molecule has 2 fully saturated rings. The van der Waals surface area contributed by atoms with E-state index in [1.807, 2.05) is 0 Å². The Hall–Kier alpha value is -1.64. The highest BCUT2D eigenvalue weighted by atomic mass is 32.2. The Morgan fingerprint density at radius 1 is 1.19 bits per heavy atom. The SMILES string of the molecule is CCN1CCN(S(=O)(=O)c2ccc(OC)c(C(=O)NC3CCCC3)c2)CC1. The number of piperazine rings is 1. The van der Waals surface area contributed by atoms with Crippen molar-refractivity contribution in [3.63, 3.8) is 0 Å². The minimum atomic E-state index is -3.63. The van der Waals surface area contributed by atoms with Gasteiger partial charge in [0.05, 0.1) is 17.6 Å². The summed E-state index contributed by atoms with van der Waals surface area (Å²) in [5.41, 5.74) is 0.276. The third kappa shape index (κ3) is 4.44. The number of nitrogens with one attached hydrogen (secondary N) is 1. The van der Waals surface area contributed by atoms with Crippen LogP contribution in [0.1, 0.15) is 43.0 Å². The second-order valence-corrected chi connectivity index (χ2v) is 9.09. The zero-order valence-electron chi connectivity index (χ0n) is 16.1. The molecule has 8 heteroatoms. The lowest BCUT2D eigenvalue weighted by atomic mass is 10.1. The Morgan fingerprint density at radius 2 is 1.85 bits per heavy atom. The molecule has 1 N–H and O–H groups in total. The molecule has 27 heavy (non-hydrogen) atoms. The first-order valence-electron chi connectivity index (χ1n) is 9.67. The van der Waals surface area contributed by atoms with Crippen LogP contribution in [0.3, 0.4) is 0 Å². The number of carbonyl (C=O) groups excluding carboxylic acids is 1. The topological polar surface area (TPSA) is 79.0 Å². The number of hydrogen-bond acceptors (Lipinski definition) is 5. The molecular weight excluding hydrogens is 366 g/mol.